The second kappa shape index (κ2) is 12.5. The van der Waals surface area contributed by atoms with Gasteiger partial charge in [-0.3, -0.25) is 9.69 Å². The van der Waals surface area contributed by atoms with Gasteiger partial charge in [0.1, 0.15) is 11.5 Å². The van der Waals surface area contributed by atoms with E-state index in [2.05, 4.69) is 35.2 Å². The van der Waals surface area contributed by atoms with Crippen LogP contribution in [0.4, 0.5) is 0 Å². The number of para-hydroxylation sites is 1. The quantitative estimate of drug-likeness (QED) is 0.492. The Morgan fingerprint density at radius 1 is 0.900 bits per heavy atom. The maximum Gasteiger partial charge on any atom is 0.225 e. The van der Waals surface area contributed by atoms with Gasteiger partial charge in [-0.1, -0.05) is 54.6 Å². The summed E-state index contributed by atoms with van der Waals surface area (Å²) < 4.78 is 18.3. The summed E-state index contributed by atoms with van der Waals surface area (Å²) in [6, 6.07) is 26.4. The van der Waals surface area contributed by atoms with Crippen LogP contribution in [0.2, 0.25) is 0 Å². The highest BCUT2D eigenvalue weighted by Gasteiger charge is 2.38. The molecule has 6 rings (SSSR count). The van der Waals surface area contributed by atoms with Gasteiger partial charge in [0.2, 0.25) is 5.91 Å². The highest BCUT2D eigenvalue weighted by atomic mass is 16.5. The number of fused-ring (bicyclic) bond motifs is 2. The molecule has 1 amide bonds. The van der Waals surface area contributed by atoms with E-state index in [1.807, 2.05) is 53.4 Å². The zero-order valence-electron chi connectivity index (χ0n) is 22.9. The number of aliphatic hydroxyl groups excluding tert-OH is 1. The Balaban J connectivity index is 1.07. The van der Waals surface area contributed by atoms with Gasteiger partial charge in [-0.25, -0.2) is 0 Å². The number of β-amino-alcohol motifs (C(OH)–C–C–N with tert-alkyl or cyclic N) is 1. The molecule has 40 heavy (non-hydrogen) atoms. The lowest BCUT2D eigenvalue weighted by molar-refractivity contribution is -0.161. The fourth-order valence-corrected chi connectivity index (χ4v) is 6.18. The third kappa shape index (κ3) is 6.56. The van der Waals surface area contributed by atoms with Gasteiger partial charge in [-0.05, 0) is 60.2 Å². The van der Waals surface area contributed by atoms with E-state index < -0.39 is 6.10 Å². The van der Waals surface area contributed by atoms with Crippen LogP contribution in [0.15, 0.2) is 78.9 Å². The van der Waals surface area contributed by atoms with Gasteiger partial charge < -0.3 is 24.2 Å². The van der Waals surface area contributed by atoms with Crippen molar-refractivity contribution in [3.63, 3.8) is 0 Å². The van der Waals surface area contributed by atoms with Gasteiger partial charge in [0, 0.05) is 32.2 Å². The lowest BCUT2D eigenvalue weighted by Gasteiger charge is -2.44. The number of nitrogens with zero attached hydrogens (tertiary/aromatic N) is 2. The zero-order chi connectivity index (χ0) is 27.3. The molecule has 0 bridgehead atoms. The summed E-state index contributed by atoms with van der Waals surface area (Å²) in [5.74, 6) is 1.76. The van der Waals surface area contributed by atoms with Gasteiger partial charge in [0.25, 0.3) is 0 Å². The van der Waals surface area contributed by atoms with E-state index in [1.54, 1.807) is 0 Å². The van der Waals surface area contributed by atoms with Gasteiger partial charge in [-0.15, -0.1) is 0 Å². The third-order valence-corrected chi connectivity index (χ3v) is 8.26. The molecule has 3 aromatic rings. The normalized spacial score (nSPS) is 25.3. The molecule has 3 aliphatic rings. The summed E-state index contributed by atoms with van der Waals surface area (Å²) in [4.78, 5) is 17.5. The number of carbonyl (C=O) groups excluding carboxylic acids is 1. The van der Waals surface area contributed by atoms with E-state index in [0.29, 0.717) is 32.7 Å². The molecular formula is C33H38N2O5. The molecule has 210 valence electrons. The SMILES string of the molecule is O=C(C[C@H]1CC[C@@H]2[C@H](COC[C@@H](O)CN2Cc2ccc(Oc3ccccc3)cc2)O1)N1CCc2ccccc2C1. The first-order valence-electron chi connectivity index (χ1n) is 14.4. The minimum atomic E-state index is -0.553. The number of rotatable bonds is 6. The van der Waals surface area contributed by atoms with Crippen molar-refractivity contribution in [1.29, 1.82) is 0 Å². The van der Waals surface area contributed by atoms with Crippen molar-refractivity contribution in [2.24, 2.45) is 0 Å². The van der Waals surface area contributed by atoms with Crippen molar-refractivity contribution in [2.45, 2.75) is 63.1 Å². The highest BCUT2D eigenvalue weighted by Crippen LogP contribution is 2.30. The molecule has 1 N–H and O–H groups in total. The third-order valence-electron chi connectivity index (χ3n) is 8.26. The number of carbonyl (C=O) groups is 1. The average Bonchev–Trinajstić information content (AvgIpc) is 2.97. The predicted octanol–water partition coefficient (Wildman–Crippen LogP) is 4.56. The first-order valence-corrected chi connectivity index (χ1v) is 14.4. The summed E-state index contributed by atoms with van der Waals surface area (Å²) in [6.07, 6.45) is 2.21. The Morgan fingerprint density at radius 2 is 1.65 bits per heavy atom. The maximum absolute atomic E-state index is 13.2. The highest BCUT2D eigenvalue weighted by molar-refractivity contribution is 5.77. The molecule has 0 aliphatic carbocycles. The Bertz CT molecular complexity index is 1270. The van der Waals surface area contributed by atoms with Crippen molar-refractivity contribution in [1.82, 2.24) is 9.80 Å². The molecule has 0 radical (unpaired) electrons. The number of hydrogen-bond donors (Lipinski definition) is 1. The molecule has 4 atom stereocenters. The number of hydrogen-bond acceptors (Lipinski definition) is 6. The van der Waals surface area contributed by atoms with E-state index in [-0.39, 0.29) is 30.8 Å². The molecule has 2 fully saturated rings. The number of amides is 1. The average molecular weight is 543 g/mol. The zero-order valence-corrected chi connectivity index (χ0v) is 22.9. The van der Waals surface area contributed by atoms with Crippen LogP contribution in [0.5, 0.6) is 11.5 Å². The van der Waals surface area contributed by atoms with Crippen LogP contribution in [0.1, 0.15) is 36.0 Å². The Labute approximate surface area is 236 Å². The Kier molecular flexibility index (Phi) is 8.44. The summed E-state index contributed by atoms with van der Waals surface area (Å²) in [5, 5.41) is 10.6. The molecule has 0 aromatic heterocycles. The van der Waals surface area contributed by atoms with E-state index in [9.17, 15) is 9.90 Å². The van der Waals surface area contributed by atoms with Crippen LogP contribution in [-0.4, -0.2) is 71.5 Å². The van der Waals surface area contributed by atoms with Gasteiger partial charge in [-0.2, -0.15) is 0 Å². The topological polar surface area (TPSA) is 71.5 Å². The van der Waals surface area contributed by atoms with Crippen molar-refractivity contribution in [2.75, 3.05) is 26.3 Å². The molecule has 3 heterocycles. The summed E-state index contributed by atoms with van der Waals surface area (Å²) >= 11 is 0. The molecule has 0 spiro atoms. The van der Waals surface area contributed by atoms with Crippen molar-refractivity contribution >= 4 is 5.91 Å². The van der Waals surface area contributed by atoms with Crippen molar-refractivity contribution in [3.05, 3.63) is 95.6 Å². The van der Waals surface area contributed by atoms with E-state index in [0.717, 1.165) is 42.9 Å². The minimum absolute atomic E-state index is 0.114. The van der Waals surface area contributed by atoms with Crippen LogP contribution < -0.4 is 4.74 Å². The lowest BCUT2D eigenvalue weighted by Crippen LogP contribution is -2.55. The van der Waals surface area contributed by atoms with Crippen LogP contribution in [0, 0.1) is 0 Å². The minimum Gasteiger partial charge on any atom is -0.457 e. The molecule has 7 heteroatoms. The van der Waals surface area contributed by atoms with E-state index in [4.69, 9.17) is 14.2 Å². The molecule has 3 aromatic carbocycles. The van der Waals surface area contributed by atoms with Crippen molar-refractivity contribution < 1.29 is 24.1 Å². The van der Waals surface area contributed by atoms with Gasteiger partial charge in [0.15, 0.2) is 0 Å². The summed E-state index contributed by atoms with van der Waals surface area (Å²) in [7, 11) is 0. The Morgan fingerprint density at radius 3 is 2.48 bits per heavy atom. The molecule has 0 saturated carbocycles. The lowest BCUT2D eigenvalue weighted by atomic mass is 9.93. The smallest absolute Gasteiger partial charge is 0.225 e. The van der Waals surface area contributed by atoms with Crippen LogP contribution in [0.3, 0.4) is 0 Å². The molecule has 7 nitrogen and oxygen atoms in total. The van der Waals surface area contributed by atoms with Gasteiger partial charge in [0.05, 0.1) is 37.9 Å². The molecular weight excluding hydrogens is 504 g/mol. The van der Waals surface area contributed by atoms with E-state index >= 15 is 0 Å². The summed E-state index contributed by atoms with van der Waals surface area (Å²) in [5.41, 5.74) is 3.74. The molecule has 2 saturated heterocycles. The van der Waals surface area contributed by atoms with Crippen LogP contribution >= 0.6 is 0 Å². The second-order valence-corrected chi connectivity index (χ2v) is 11.2. The molecule has 3 aliphatic heterocycles. The van der Waals surface area contributed by atoms with E-state index in [1.165, 1.54) is 11.1 Å². The first kappa shape index (κ1) is 27.0. The Hall–Kier alpha value is -3.23. The molecule has 0 unspecified atom stereocenters. The van der Waals surface area contributed by atoms with Crippen LogP contribution in [0.25, 0.3) is 0 Å². The second-order valence-electron chi connectivity index (χ2n) is 11.2. The standard InChI is InChI=1S/C33H38N2O5/c36-27-21-35(19-24-10-12-29(13-11-24)39-28-8-2-1-3-9-28)31-15-14-30(40-32(31)23-38-22-27)18-33(37)34-17-16-25-6-4-5-7-26(25)20-34/h1-13,27,30-32,36H,14-23H2/t27-,30+,31+,32-/m0/s1. The fourth-order valence-electron chi connectivity index (χ4n) is 6.18. The summed E-state index contributed by atoms with van der Waals surface area (Å²) in [6.45, 7) is 3.36. The predicted molar refractivity (Wildman–Crippen MR) is 152 cm³/mol. The van der Waals surface area contributed by atoms with Gasteiger partial charge >= 0.3 is 0 Å². The first-order chi connectivity index (χ1) is 19.6. The van der Waals surface area contributed by atoms with Crippen LogP contribution in [-0.2, 0) is 33.8 Å². The monoisotopic (exact) mass is 542 g/mol. The fraction of sp³-hybridized carbons (Fsp3) is 0.424. The number of aliphatic hydroxyl groups is 1. The maximum atomic E-state index is 13.2. The largest absolute Gasteiger partial charge is 0.457 e. The number of benzene rings is 3. The van der Waals surface area contributed by atoms with Crippen molar-refractivity contribution in [3.8, 4) is 11.5 Å². The number of ether oxygens (including phenoxy) is 3.